The van der Waals surface area contributed by atoms with Gasteiger partial charge in [-0.05, 0) is 48.4 Å². The van der Waals surface area contributed by atoms with Crippen LogP contribution in [0.15, 0.2) is 48.5 Å². The highest BCUT2D eigenvalue weighted by atomic mass is 32.1. The number of aryl methyl sites for hydroxylation is 1. The monoisotopic (exact) mass is 491 g/mol. The van der Waals surface area contributed by atoms with Gasteiger partial charge in [0.05, 0.1) is 12.2 Å². The summed E-state index contributed by atoms with van der Waals surface area (Å²) in [6.07, 6.45) is 1.04. The smallest absolute Gasteiger partial charge is 0.407 e. The number of amides is 2. The lowest BCUT2D eigenvalue weighted by atomic mass is 9.76. The fourth-order valence-corrected chi connectivity index (χ4v) is 5.63. The molecule has 2 aliphatic rings. The zero-order valence-electron chi connectivity index (χ0n) is 19.2. The highest BCUT2D eigenvalue weighted by Gasteiger charge is 2.46. The standard InChI is InChI=1S/C26H25N3O5S/c1-15-22(23(30)29-26(24(31)32)11-6-12-26)35-21(28-15)13-27-25(33)34-14-20-18-9-4-2-7-16(18)17-8-3-5-10-19(17)20/h2-5,7-10,20H,6,11-14H2,1H3,(H,27,33)(H,29,30)(H,31,32). The number of alkyl carbamates (subject to hydrolysis) is 1. The molecule has 0 atom stereocenters. The van der Waals surface area contributed by atoms with Gasteiger partial charge < -0.3 is 20.5 Å². The average molecular weight is 492 g/mol. The van der Waals surface area contributed by atoms with Crippen LogP contribution in [0.3, 0.4) is 0 Å². The van der Waals surface area contributed by atoms with Gasteiger partial charge in [0, 0.05) is 5.92 Å². The molecule has 3 aromatic rings. The van der Waals surface area contributed by atoms with Gasteiger partial charge in [-0.3, -0.25) is 4.79 Å². The molecule has 0 bridgehead atoms. The second-order valence-corrected chi connectivity index (χ2v) is 9.98. The number of thiazole rings is 1. The van der Waals surface area contributed by atoms with Crippen molar-refractivity contribution in [1.29, 1.82) is 0 Å². The predicted octanol–water partition coefficient (Wildman–Crippen LogP) is 4.23. The molecule has 3 N–H and O–H groups in total. The van der Waals surface area contributed by atoms with E-state index in [-0.39, 0.29) is 19.1 Å². The lowest BCUT2D eigenvalue weighted by Gasteiger charge is -2.38. The van der Waals surface area contributed by atoms with Crippen LogP contribution in [0.5, 0.6) is 0 Å². The quantitative estimate of drug-likeness (QED) is 0.455. The van der Waals surface area contributed by atoms with E-state index in [0.29, 0.717) is 28.4 Å². The van der Waals surface area contributed by atoms with Crippen molar-refractivity contribution in [3.8, 4) is 11.1 Å². The van der Waals surface area contributed by atoms with Crippen molar-refractivity contribution < 1.29 is 24.2 Å². The molecule has 35 heavy (non-hydrogen) atoms. The number of aliphatic carboxylic acids is 1. The normalized spacial score (nSPS) is 15.5. The third kappa shape index (κ3) is 4.27. The maximum Gasteiger partial charge on any atom is 0.407 e. The lowest BCUT2D eigenvalue weighted by Crippen LogP contribution is -2.59. The van der Waals surface area contributed by atoms with Gasteiger partial charge in [-0.15, -0.1) is 11.3 Å². The first kappa shape index (κ1) is 23.0. The Labute approximate surface area is 206 Å². The van der Waals surface area contributed by atoms with Gasteiger partial charge in [-0.25, -0.2) is 14.6 Å². The van der Waals surface area contributed by atoms with Crippen LogP contribution in [0, 0.1) is 6.92 Å². The number of carboxylic acid groups (broad SMARTS) is 1. The van der Waals surface area contributed by atoms with Gasteiger partial charge >= 0.3 is 12.1 Å². The van der Waals surface area contributed by atoms with Crippen LogP contribution in [0.2, 0.25) is 0 Å². The minimum absolute atomic E-state index is 0.0291. The van der Waals surface area contributed by atoms with E-state index in [1.807, 2.05) is 24.3 Å². The van der Waals surface area contributed by atoms with Crippen LogP contribution in [-0.2, 0) is 16.1 Å². The molecule has 8 nitrogen and oxygen atoms in total. The van der Waals surface area contributed by atoms with E-state index in [9.17, 15) is 19.5 Å². The lowest BCUT2D eigenvalue weighted by molar-refractivity contribution is -0.148. The maximum atomic E-state index is 12.7. The van der Waals surface area contributed by atoms with Crippen LogP contribution in [-0.4, -0.2) is 40.2 Å². The molecule has 0 radical (unpaired) electrons. The summed E-state index contributed by atoms with van der Waals surface area (Å²) in [5.74, 6) is -1.50. The Balaban J connectivity index is 1.18. The van der Waals surface area contributed by atoms with Crippen LogP contribution >= 0.6 is 11.3 Å². The second kappa shape index (κ2) is 9.14. The Morgan fingerprint density at radius 2 is 1.71 bits per heavy atom. The van der Waals surface area contributed by atoms with Gasteiger partial charge in [0.1, 0.15) is 22.0 Å². The van der Waals surface area contributed by atoms with Crippen molar-refractivity contribution in [3.05, 3.63) is 75.2 Å². The van der Waals surface area contributed by atoms with Crippen LogP contribution in [0.25, 0.3) is 11.1 Å². The molecule has 0 saturated heterocycles. The fourth-order valence-electron chi connectivity index (χ4n) is 4.73. The molecular weight excluding hydrogens is 466 g/mol. The first-order valence-electron chi connectivity index (χ1n) is 11.5. The molecule has 2 aromatic carbocycles. The van der Waals surface area contributed by atoms with Crippen molar-refractivity contribution >= 4 is 29.3 Å². The number of hydrogen-bond acceptors (Lipinski definition) is 6. The van der Waals surface area contributed by atoms with E-state index in [1.54, 1.807) is 6.92 Å². The Hall–Kier alpha value is -3.72. The third-order valence-corrected chi connectivity index (χ3v) is 7.90. The van der Waals surface area contributed by atoms with Gasteiger partial charge in [0.25, 0.3) is 5.91 Å². The van der Waals surface area contributed by atoms with E-state index < -0.39 is 23.5 Å². The SMILES string of the molecule is Cc1nc(CNC(=O)OCC2c3ccccc3-c3ccccc32)sc1C(=O)NC1(C(=O)O)CCC1. The topological polar surface area (TPSA) is 118 Å². The average Bonchev–Trinajstić information content (AvgIpc) is 3.36. The molecule has 1 fully saturated rings. The minimum atomic E-state index is -1.19. The summed E-state index contributed by atoms with van der Waals surface area (Å²) in [7, 11) is 0. The predicted molar refractivity (Wildman–Crippen MR) is 130 cm³/mol. The number of hydrogen-bond donors (Lipinski definition) is 3. The summed E-state index contributed by atoms with van der Waals surface area (Å²) in [5, 5.41) is 15.3. The molecule has 1 aromatic heterocycles. The van der Waals surface area contributed by atoms with E-state index in [2.05, 4.69) is 39.9 Å². The number of ether oxygens (including phenoxy) is 1. The van der Waals surface area contributed by atoms with Crippen molar-refractivity contribution in [3.63, 3.8) is 0 Å². The van der Waals surface area contributed by atoms with E-state index in [0.717, 1.165) is 40.0 Å². The van der Waals surface area contributed by atoms with Gasteiger partial charge in [0.2, 0.25) is 0 Å². The maximum absolute atomic E-state index is 12.7. The number of nitrogens with one attached hydrogen (secondary N) is 2. The second-order valence-electron chi connectivity index (χ2n) is 8.90. The number of aromatic nitrogens is 1. The fraction of sp³-hybridized carbons (Fsp3) is 0.308. The number of nitrogens with zero attached hydrogens (tertiary/aromatic N) is 1. The van der Waals surface area contributed by atoms with Gasteiger partial charge in [-0.1, -0.05) is 48.5 Å². The number of fused-ring (bicyclic) bond motifs is 3. The molecule has 2 amide bonds. The zero-order valence-corrected chi connectivity index (χ0v) is 20.0. The molecular formula is C26H25N3O5S. The Morgan fingerprint density at radius 1 is 1.09 bits per heavy atom. The van der Waals surface area contributed by atoms with Gasteiger partial charge in [-0.2, -0.15) is 0 Å². The van der Waals surface area contributed by atoms with Crippen LogP contribution in [0.4, 0.5) is 4.79 Å². The van der Waals surface area contributed by atoms with E-state index >= 15 is 0 Å². The Bertz CT molecular complexity index is 1270. The summed E-state index contributed by atoms with van der Waals surface area (Å²) in [5.41, 5.74) is 3.90. The highest BCUT2D eigenvalue weighted by molar-refractivity contribution is 7.13. The van der Waals surface area contributed by atoms with Crippen molar-refractivity contribution in [2.24, 2.45) is 0 Å². The van der Waals surface area contributed by atoms with Crippen LogP contribution < -0.4 is 10.6 Å². The summed E-state index contributed by atoms with van der Waals surface area (Å²) >= 11 is 1.14. The third-order valence-electron chi connectivity index (χ3n) is 6.74. The Kier molecular flexibility index (Phi) is 6.02. The first-order valence-corrected chi connectivity index (χ1v) is 12.3. The van der Waals surface area contributed by atoms with E-state index in [1.165, 1.54) is 0 Å². The first-order chi connectivity index (χ1) is 16.9. The number of benzene rings is 2. The molecule has 180 valence electrons. The summed E-state index contributed by atoms with van der Waals surface area (Å²) in [6, 6.07) is 16.3. The van der Waals surface area contributed by atoms with E-state index in [4.69, 9.17) is 4.74 Å². The largest absolute Gasteiger partial charge is 0.480 e. The highest BCUT2D eigenvalue weighted by Crippen LogP contribution is 2.44. The minimum Gasteiger partial charge on any atom is -0.480 e. The van der Waals surface area contributed by atoms with Gasteiger partial charge in [0.15, 0.2) is 0 Å². The molecule has 1 heterocycles. The number of carboxylic acids is 1. The number of carbonyl (C=O) groups excluding carboxylic acids is 2. The number of rotatable bonds is 7. The molecule has 1 saturated carbocycles. The summed E-state index contributed by atoms with van der Waals surface area (Å²) < 4.78 is 5.54. The van der Waals surface area contributed by atoms with Crippen LogP contribution in [0.1, 0.15) is 56.7 Å². The van der Waals surface area contributed by atoms with Crippen molar-refractivity contribution in [2.45, 2.75) is 44.2 Å². The summed E-state index contributed by atoms with van der Waals surface area (Å²) in [4.78, 5) is 41.3. The molecule has 2 aliphatic carbocycles. The van der Waals surface area contributed by atoms with Crippen molar-refractivity contribution in [2.75, 3.05) is 6.61 Å². The molecule has 0 aliphatic heterocycles. The molecule has 9 heteroatoms. The number of carbonyl (C=O) groups is 3. The molecule has 5 rings (SSSR count). The zero-order chi connectivity index (χ0) is 24.6. The molecule has 0 unspecified atom stereocenters. The Morgan fingerprint density at radius 3 is 2.29 bits per heavy atom. The molecule has 0 spiro atoms. The van der Waals surface area contributed by atoms with Crippen molar-refractivity contribution in [1.82, 2.24) is 15.6 Å². The summed E-state index contributed by atoms with van der Waals surface area (Å²) in [6.45, 7) is 2.01.